The summed E-state index contributed by atoms with van der Waals surface area (Å²) in [5, 5.41) is 5.06. The number of aryl methyl sites for hydroxylation is 1. The van der Waals surface area contributed by atoms with E-state index in [-0.39, 0.29) is 0 Å². The zero-order chi connectivity index (χ0) is 38.3. The molecule has 0 amide bonds. The van der Waals surface area contributed by atoms with Crippen molar-refractivity contribution in [3.8, 4) is 11.1 Å². The van der Waals surface area contributed by atoms with E-state index < -0.39 is 0 Å². The summed E-state index contributed by atoms with van der Waals surface area (Å²) in [6.07, 6.45) is 13.4. The van der Waals surface area contributed by atoms with Crippen LogP contribution in [0, 0.1) is 0 Å². The fourth-order valence-corrected chi connectivity index (χ4v) is 7.30. The predicted molar refractivity (Wildman–Crippen MR) is 240 cm³/mol. The first-order chi connectivity index (χ1) is 27.5. The van der Waals surface area contributed by atoms with Crippen LogP contribution in [0.15, 0.2) is 205 Å². The lowest BCUT2D eigenvalue weighted by Gasteiger charge is -2.13. The highest BCUT2D eigenvalue weighted by atomic mass is 14.9. The van der Waals surface area contributed by atoms with E-state index in [9.17, 15) is 0 Å². The molecular formula is C53H43N3. The molecule has 56 heavy (non-hydrogen) atoms. The van der Waals surface area contributed by atoms with Crippen LogP contribution in [0.2, 0.25) is 0 Å². The summed E-state index contributed by atoms with van der Waals surface area (Å²) < 4.78 is 0. The number of nitrogens with zero attached hydrogens (tertiary/aromatic N) is 3. The van der Waals surface area contributed by atoms with Crippen molar-refractivity contribution in [2.24, 2.45) is 9.98 Å². The fourth-order valence-electron chi connectivity index (χ4n) is 7.30. The molecule has 270 valence electrons. The molecule has 1 aliphatic rings. The molecule has 8 rings (SSSR count). The summed E-state index contributed by atoms with van der Waals surface area (Å²) in [5.74, 6) is 0.589. The van der Waals surface area contributed by atoms with E-state index in [1.54, 1.807) is 0 Å². The van der Waals surface area contributed by atoms with Crippen molar-refractivity contribution in [3.05, 3.63) is 228 Å². The number of hydrogen-bond acceptors (Lipinski definition) is 2. The van der Waals surface area contributed by atoms with E-state index in [1.807, 2.05) is 73.7 Å². The van der Waals surface area contributed by atoms with Gasteiger partial charge in [0, 0.05) is 11.3 Å². The molecule has 0 saturated heterocycles. The summed E-state index contributed by atoms with van der Waals surface area (Å²) >= 11 is 0. The van der Waals surface area contributed by atoms with Crippen molar-refractivity contribution in [3.63, 3.8) is 0 Å². The second kappa shape index (κ2) is 16.6. The maximum atomic E-state index is 5.15. The summed E-state index contributed by atoms with van der Waals surface area (Å²) in [6, 6.07) is 53.0. The Morgan fingerprint density at radius 1 is 0.714 bits per heavy atom. The van der Waals surface area contributed by atoms with Crippen LogP contribution < -0.4 is 0 Å². The van der Waals surface area contributed by atoms with Crippen LogP contribution in [0.5, 0.6) is 0 Å². The Labute approximate surface area is 329 Å². The van der Waals surface area contributed by atoms with Crippen molar-refractivity contribution in [2.75, 3.05) is 0 Å². The highest BCUT2D eigenvalue weighted by Gasteiger charge is 2.13. The van der Waals surface area contributed by atoms with E-state index in [1.165, 1.54) is 43.8 Å². The van der Waals surface area contributed by atoms with Gasteiger partial charge in [0.05, 0.1) is 17.1 Å². The van der Waals surface area contributed by atoms with Gasteiger partial charge in [0.1, 0.15) is 0 Å². The van der Waals surface area contributed by atoms with E-state index in [0.717, 1.165) is 58.6 Å². The van der Waals surface area contributed by atoms with Crippen molar-refractivity contribution in [2.45, 2.75) is 26.2 Å². The van der Waals surface area contributed by atoms with E-state index >= 15 is 0 Å². The molecule has 3 heteroatoms. The van der Waals surface area contributed by atoms with Gasteiger partial charge in [-0.3, -0.25) is 0 Å². The van der Waals surface area contributed by atoms with Crippen molar-refractivity contribution < 1.29 is 0 Å². The van der Waals surface area contributed by atoms with Gasteiger partial charge >= 0.3 is 0 Å². The monoisotopic (exact) mass is 721 g/mol. The molecule has 7 aromatic rings. The molecule has 0 atom stereocenters. The van der Waals surface area contributed by atoms with Gasteiger partial charge in [0.15, 0.2) is 5.84 Å². The van der Waals surface area contributed by atoms with Gasteiger partial charge in [-0.15, -0.1) is 0 Å². The molecular weight excluding hydrogens is 679 g/mol. The molecule has 0 aliphatic heterocycles. The quantitative estimate of drug-likeness (QED) is 0.0600. The first kappa shape index (κ1) is 36.0. The molecule has 0 saturated carbocycles. The molecule has 6 aromatic carbocycles. The third-order valence-corrected chi connectivity index (χ3v) is 10.4. The molecule has 0 unspecified atom stereocenters. The number of aromatic nitrogens is 1. The molecule has 1 heterocycles. The van der Waals surface area contributed by atoms with Crippen LogP contribution in [0.1, 0.15) is 47.0 Å². The fraction of sp³-hybridized carbons (Fsp3) is 0.0755. The van der Waals surface area contributed by atoms with Gasteiger partial charge < -0.3 is 0 Å². The molecule has 0 N–H and O–H groups in total. The van der Waals surface area contributed by atoms with Gasteiger partial charge in [-0.1, -0.05) is 171 Å². The SMILES string of the molecule is C=C/C(=C\C(=C/Cc1ccc(-c2cc3ccccc3c3ccccc23)cc1)c1ccc2c(n1)C=CCC2)C(C)=NC(=NC(=C)c1ccccc1)c1ccccc1. The normalized spacial score (nSPS) is 13.5. The summed E-state index contributed by atoms with van der Waals surface area (Å²) in [5.41, 5.74) is 12.1. The smallest absolute Gasteiger partial charge is 0.160 e. The van der Waals surface area contributed by atoms with E-state index in [2.05, 4.69) is 128 Å². The lowest BCUT2D eigenvalue weighted by Crippen LogP contribution is -2.05. The Balaban J connectivity index is 1.15. The molecule has 3 nitrogen and oxygen atoms in total. The maximum absolute atomic E-state index is 5.15. The second-order valence-electron chi connectivity index (χ2n) is 14.0. The molecule has 0 spiro atoms. The number of hydrogen-bond donors (Lipinski definition) is 0. The van der Waals surface area contributed by atoms with E-state index in [0.29, 0.717) is 11.5 Å². The third kappa shape index (κ3) is 7.94. The minimum Gasteiger partial charge on any atom is -0.248 e. The van der Waals surface area contributed by atoms with Crippen LogP contribution in [0.25, 0.3) is 50.0 Å². The van der Waals surface area contributed by atoms with Crippen LogP contribution in [-0.4, -0.2) is 16.5 Å². The summed E-state index contributed by atoms with van der Waals surface area (Å²) in [4.78, 5) is 15.2. The number of benzene rings is 6. The van der Waals surface area contributed by atoms with Gasteiger partial charge in [-0.2, -0.15) is 0 Å². The second-order valence-corrected chi connectivity index (χ2v) is 14.0. The number of aliphatic imine (C=N–C) groups is 2. The number of fused-ring (bicyclic) bond motifs is 4. The van der Waals surface area contributed by atoms with Crippen molar-refractivity contribution >= 4 is 50.4 Å². The predicted octanol–water partition coefficient (Wildman–Crippen LogP) is 13.3. The molecule has 1 aliphatic carbocycles. The molecule has 0 fully saturated rings. The number of pyridine rings is 1. The Kier molecular flexibility index (Phi) is 10.7. The minimum absolute atomic E-state index is 0.589. The number of rotatable bonds is 10. The third-order valence-electron chi connectivity index (χ3n) is 10.4. The Morgan fingerprint density at radius 2 is 1.39 bits per heavy atom. The average Bonchev–Trinajstić information content (AvgIpc) is 3.26. The zero-order valence-corrected chi connectivity index (χ0v) is 31.7. The lowest BCUT2D eigenvalue weighted by molar-refractivity contribution is 0.961. The largest absolute Gasteiger partial charge is 0.248 e. The Bertz CT molecular complexity index is 2730. The van der Waals surface area contributed by atoms with E-state index in [4.69, 9.17) is 15.0 Å². The number of amidine groups is 1. The van der Waals surface area contributed by atoms with Crippen molar-refractivity contribution in [1.29, 1.82) is 0 Å². The summed E-state index contributed by atoms with van der Waals surface area (Å²) in [7, 11) is 0. The first-order valence-corrected chi connectivity index (χ1v) is 19.2. The first-order valence-electron chi connectivity index (χ1n) is 19.2. The Morgan fingerprint density at radius 3 is 2.14 bits per heavy atom. The van der Waals surface area contributed by atoms with Crippen LogP contribution in [0.4, 0.5) is 0 Å². The van der Waals surface area contributed by atoms with Crippen LogP contribution in [0.3, 0.4) is 0 Å². The van der Waals surface area contributed by atoms with Crippen LogP contribution in [-0.2, 0) is 12.8 Å². The summed E-state index contributed by atoms with van der Waals surface area (Å²) in [6.45, 7) is 10.5. The minimum atomic E-state index is 0.589. The standard InChI is InChI=1S/C53H43N3/c1-4-40(37(2)54-53(44-20-9-6-10-21-44)55-38(3)41-17-7-5-8-18-41)35-46(52-34-33-43-19-12-16-26-51(43)56-52)32-29-39-27-30-42(31-28-39)50-36-45-22-11-13-23-47(45)48-24-14-15-25-49(48)50/h4-11,13-18,20-28,30-36H,1,3,12,19,29H2,2H3/b40-35+,46-32+,54-37?,55-53?. The Hall–Kier alpha value is -6.97. The van der Waals surface area contributed by atoms with Gasteiger partial charge in [-0.25, -0.2) is 15.0 Å². The average molecular weight is 722 g/mol. The maximum Gasteiger partial charge on any atom is 0.160 e. The van der Waals surface area contributed by atoms with Gasteiger partial charge in [0.2, 0.25) is 0 Å². The number of allylic oxidation sites excluding steroid dienone is 6. The van der Waals surface area contributed by atoms with Gasteiger partial charge in [-0.05, 0) is 111 Å². The topological polar surface area (TPSA) is 37.6 Å². The highest BCUT2D eigenvalue weighted by molar-refractivity contribution is 6.15. The molecule has 0 radical (unpaired) electrons. The highest BCUT2D eigenvalue weighted by Crippen LogP contribution is 2.35. The van der Waals surface area contributed by atoms with Crippen LogP contribution >= 0.6 is 0 Å². The zero-order valence-electron chi connectivity index (χ0n) is 31.7. The lowest BCUT2D eigenvalue weighted by atomic mass is 9.92. The van der Waals surface area contributed by atoms with Crippen molar-refractivity contribution in [1.82, 2.24) is 4.98 Å². The molecule has 0 bridgehead atoms. The van der Waals surface area contributed by atoms with Gasteiger partial charge in [0.25, 0.3) is 0 Å². The molecule has 1 aromatic heterocycles.